The number of anilines is 2. The molecule has 0 saturated carbocycles. The van der Waals surface area contributed by atoms with Crippen molar-refractivity contribution in [3.8, 4) is 11.5 Å². The van der Waals surface area contributed by atoms with Crippen LogP contribution in [0.5, 0.6) is 11.5 Å². The molecule has 0 fully saturated rings. The highest BCUT2D eigenvalue weighted by Gasteiger charge is 2.19. The van der Waals surface area contributed by atoms with Gasteiger partial charge >= 0.3 is 24.1 Å². The van der Waals surface area contributed by atoms with Crippen LogP contribution in [0.25, 0.3) is 0 Å². The van der Waals surface area contributed by atoms with Crippen molar-refractivity contribution in [2.24, 2.45) is 0 Å². The fourth-order valence-corrected chi connectivity index (χ4v) is 2.84. The number of ether oxygens (including phenoxy) is 6. The summed E-state index contributed by atoms with van der Waals surface area (Å²) in [5, 5.41) is 22.2. The summed E-state index contributed by atoms with van der Waals surface area (Å²) in [4.78, 5) is 47.3. The fourth-order valence-electron chi connectivity index (χ4n) is 2.84. The topological polar surface area (TPSA) is 188 Å². The largest absolute Gasteiger partial charge is 0.479 e. The zero-order valence-electron chi connectivity index (χ0n) is 22.0. The number of carbonyl (C=O) groups is 4. The summed E-state index contributed by atoms with van der Waals surface area (Å²) in [7, 11) is 0. The number of esters is 2. The molecule has 2 aromatic carbocycles. The summed E-state index contributed by atoms with van der Waals surface area (Å²) in [6, 6.07) is 12.3. The molecule has 2 rings (SSSR count). The van der Waals surface area contributed by atoms with Crippen molar-refractivity contribution >= 4 is 35.5 Å². The zero-order chi connectivity index (χ0) is 29.3. The lowest BCUT2D eigenvalue weighted by Gasteiger charge is -2.16. The number of benzene rings is 2. The van der Waals surface area contributed by atoms with Crippen LogP contribution in [-0.2, 0) is 28.5 Å². The van der Waals surface area contributed by atoms with Gasteiger partial charge in [0.05, 0.1) is 13.2 Å². The zero-order valence-corrected chi connectivity index (χ0v) is 22.0. The van der Waals surface area contributed by atoms with Crippen molar-refractivity contribution in [1.82, 2.24) is 0 Å². The predicted molar refractivity (Wildman–Crippen MR) is 139 cm³/mol. The molecule has 0 saturated heterocycles. The molecule has 0 heterocycles. The van der Waals surface area contributed by atoms with Crippen LogP contribution in [0.15, 0.2) is 48.5 Å². The maximum Gasteiger partial charge on any atom is 0.411 e. The van der Waals surface area contributed by atoms with Crippen LogP contribution in [-0.4, -0.2) is 86.2 Å². The van der Waals surface area contributed by atoms with Crippen LogP contribution in [0, 0.1) is 0 Å². The Bertz CT molecular complexity index is 1000. The third-order valence-electron chi connectivity index (χ3n) is 4.71. The molecule has 2 amide bonds. The van der Waals surface area contributed by atoms with E-state index < -0.39 is 36.3 Å². The summed E-state index contributed by atoms with van der Waals surface area (Å²) in [6.45, 7) is 1.76. The lowest BCUT2D eigenvalue weighted by atomic mass is 10.3. The van der Waals surface area contributed by atoms with E-state index in [4.69, 9.17) is 38.6 Å². The molecule has 40 heavy (non-hydrogen) atoms. The van der Waals surface area contributed by atoms with Gasteiger partial charge in [-0.25, -0.2) is 19.2 Å². The molecule has 14 heteroatoms. The van der Waals surface area contributed by atoms with Gasteiger partial charge in [0, 0.05) is 11.4 Å². The molecular formula is C26H32N2O12. The van der Waals surface area contributed by atoms with Crippen molar-refractivity contribution in [1.29, 1.82) is 0 Å². The first-order valence-electron chi connectivity index (χ1n) is 12.2. The Morgan fingerprint density at radius 2 is 0.950 bits per heavy atom. The Morgan fingerprint density at radius 1 is 0.600 bits per heavy atom. The number of rotatable bonds is 15. The van der Waals surface area contributed by atoms with E-state index in [1.807, 2.05) is 0 Å². The molecule has 2 atom stereocenters. The number of aliphatic hydroxyl groups is 2. The van der Waals surface area contributed by atoms with Gasteiger partial charge in [-0.15, -0.1) is 0 Å². The number of hydrogen-bond acceptors (Lipinski definition) is 12. The first kappa shape index (κ1) is 31.7. The van der Waals surface area contributed by atoms with Crippen LogP contribution in [0.3, 0.4) is 0 Å². The van der Waals surface area contributed by atoms with E-state index in [1.54, 1.807) is 24.3 Å². The lowest BCUT2D eigenvalue weighted by molar-refractivity contribution is -0.159. The van der Waals surface area contributed by atoms with Gasteiger partial charge < -0.3 is 38.6 Å². The summed E-state index contributed by atoms with van der Waals surface area (Å²) >= 11 is 0. The lowest BCUT2D eigenvalue weighted by Crippen LogP contribution is -2.30. The Balaban J connectivity index is 1.66. The molecule has 0 aliphatic carbocycles. The van der Waals surface area contributed by atoms with Crippen molar-refractivity contribution in [2.45, 2.75) is 26.1 Å². The van der Waals surface area contributed by atoms with E-state index in [-0.39, 0.29) is 39.6 Å². The quantitative estimate of drug-likeness (QED) is 0.140. The van der Waals surface area contributed by atoms with Gasteiger partial charge in [0.1, 0.15) is 37.9 Å². The standard InChI is InChI=1S/C26H32N2O12/c1-17(39-21-7-3-19(4-8-21)27-25(33)37-13-11-29)23(31)35-15-16-36-24(32)18(2)40-22-9-5-20(6-10-22)28-26(34)38-14-12-30/h3-10,17-18,29-30H,11-16H2,1-2H3,(H,27,33)(H,28,34). The molecule has 14 nitrogen and oxygen atoms in total. The maximum absolute atomic E-state index is 12.2. The summed E-state index contributed by atoms with van der Waals surface area (Å²) < 4.78 is 30.6. The average Bonchev–Trinajstić information content (AvgIpc) is 2.94. The van der Waals surface area contributed by atoms with Gasteiger partial charge in [0.25, 0.3) is 0 Å². The van der Waals surface area contributed by atoms with E-state index in [2.05, 4.69) is 10.6 Å². The maximum atomic E-state index is 12.2. The summed E-state index contributed by atoms with van der Waals surface area (Å²) in [5.74, 6) is -0.656. The number of carbonyl (C=O) groups excluding carboxylic acids is 4. The number of aliphatic hydroxyl groups excluding tert-OH is 2. The van der Waals surface area contributed by atoms with E-state index in [9.17, 15) is 19.2 Å². The summed E-state index contributed by atoms with van der Waals surface area (Å²) in [6.07, 6.45) is -3.35. The molecule has 218 valence electrons. The van der Waals surface area contributed by atoms with Crippen LogP contribution >= 0.6 is 0 Å². The Kier molecular flexibility index (Phi) is 13.5. The van der Waals surface area contributed by atoms with E-state index >= 15 is 0 Å². The van der Waals surface area contributed by atoms with Crippen LogP contribution < -0.4 is 20.1 Å². The molecule has 2 unspecified atom stereocenters. The van der Waals surface area contributed by atoms with E-state index in [1.165, 1.54) is 38.1 Å². The van der Waals surface area contributed by atoms with Crippen molar-refractivity contribution in [2.75, 3.05) is 50.3 Å². The van der Waals surface area contributed by atoms with Crippen molar-refractivity contribution in [3.63, 3.8) is 0 Å². The second kappa shape index (κ2) is 17.1. The van der Waals surface area contributed by atoms with E-state index in [0.29, 0.717) is 22.9 Å². The number of amides is 2. The number of nitrogens with one attached hydrogen (secondary N) is 2. The highest BCUT2D eigenvalue weighted by atomic mass is 16.6. The molecule has 2 aromatic rings. The minimum Gasteiger partial charge on any atom is -0.479 e. The van der Waals surface area contributed by atoms with Crippen molar-refractivity contribution in [3.05, 3.63) is 48.5 Å². The third kappa shape index (κ3) is 11.9. The van der Waals surface area contributed by atoms with Gasteiger partial charge in [0.2, 0.25) is 0 Å². The van der Waals surface area contributed by atoms with Gasteiger partial charge in [-0.1, -0.05) is 0 Å². The molecule has 0 aromatic heterocycles. The number of hydrogen-bond donors (Lipinski definition) is 4. The van der Waals surface area contributed by atoms with Crippen LogP contribution in [0.1, 0.15) is 13.8 Å². The molecule has 0 radical (unpaired) electrons. The Hall–Kier alpha value is -4.56. The van der Waals surface area contributed by atoms with Gasteiger partial charge in [-0.3, -0.25) is 10.6 Å². The smallest absolute Gasteiger partial charge is 0.411 e. The molecule has 0 aliphatic rings. The molecule has 0 aliphatic heterocycles. The Morgan fingerprint density at radius 3 is 1.27 bits per heavy atom. The molecule has 4 N–H and O–H groups in total. The van der Waals surface area contributed by atoms with Gasteiger partial charge in [-0.05, 0) is 62.4 Å². The molecular weight excluding hydrogens is 532 g/mol. The highest BCUT2D eigenvalue weighted by molar-refractivity contribution is 5.85. The van der Waals surface area contributed by atoms with Gasteiger partial charge in [-0.2, -0.15) is 0 Å². The van der Waals surface area contributed by atoms with Crippen LogP contribution in [0.4, 0.5) is 21.0 Å². The molecule has 0 bridgehead atoms. The minimum atomic E-state index is -0.958. The first-order chi connectivity index (χ1) is 19.2. The second-order valence-corrected chi connectivity index (χ2v) is 7.87. The minimum absolute atomic E-state index is 0.124. The third-order valence-corrected chi connectivity index (χ3v) is 4.71. The Labute approximate surface area is 230 Å². The fraction of sp³-hybridized carbons (Fsp3) is 0.385. The van der Waals surface area contributed by atoms with E-state index in [0.717, 1.165) is 0 Å². The summed E-state index contributed by atoms with van der Waals surface area (Å²) in [5.41, 5.74) is 0.855. The van der Waals surface area contributed by atoms with Crippen molar-refractivity contribution < 1.29 is 57.8 Å². The van der Waals surface area contributed by atoms with Gasteiger partial charge in [0.15, 0.2) is 12.2 Å². The highest BCUT2D eigenvalue weighted by Crippen LogP contribution is 2.19. The normalized spacial score (nSPS) is 11.8. The first-order valence-corrected chi connectivity index (χ1v) is 12.2. The monoisotopic (exact) mass is 564 g/mol. The molecule has 0 spiro atoms. The SMILES string of the molecule is CC(Oc1ccc(NC(=O)OCCO)cc1)C(=O)OCCOC(=O)C(C)Oc1ccc(NC(=O)OCCO)cc1. The van der Waals surface area contributed by atoms with Crippen LogP contribution in [0.2, 0.25) is 0 Å². The second-order valence-electron chi connectivity index (χ2n) is 7.87. The predicted octanol–water partition coefficient (Wildman–Crippen LogP) is 2.09. The average molecular weight is 565 g/mol.